The molecule has 0 saturated carbocycles. The Morgan fingerprint density at radius 1 is 1.27 bits per heavy atom. The van der Waals surface area contributed by atoms with Crippen LogP contribution in [0.2, 0.25) is 0 Å². The number of aromatic nitrogens is 2. The van der Waals surface area contributed by atoms with E-state index < -0.39 is 0 Å². The summed E-state index contributed by atoms with van der Waals surface area (Å²) in [5.41, 5.74) is 3.38. The molecule has 1 aromatic carbocycles. The minimum absolute atomic E-state index is 0.0431. The molecular formula is C21H16N2O2S. The Bertz CT molecular complexity index is 1210. The van der Waals surface area contributed by atoms with Gasteiger partial charge in [0.2, 0.25) is 0 Å². The molecule has 4 rings (SSSR count). The minimum atomic E-state index is -0.0741. The second-order valence-electron chi connectivity index (χ2n) is 6.04. The van der Waals surface area contributed by atoms with Crippen molar-refractivity contribution in [3.8, 4) is 29.2 Å². The maximum Gasteiger partial charge on any atom is 0.266 e. The molecule has 0 fully saturated rings. The first kappa shape index (κ1) is 16.4. The van der Waals surface area contributed by atoms with Gasteiger partial charge < -0.3 is 9.72 Å². The number of hydrogen-bond donors (Lipinski definition) is 1. The van der Waals surface area contributed by atoms with E-state index in [0.717, 1.165) is 38.9 Å². The third kappa shape index (κ3) is 2.47. The molecule has 0 aliphatic heterocycles. The molecule has 1 unspecified atom stereocenters. The van der Waals surface area contributed by atoms with Gasteiger partial charge in [0.25, 0.3) is 5.56 Å². The molecule has 26 heavy (non-hydrogen) atoms. The molecule has 1 atom stereocenters. The van der Waals surface area contributed by atoms with Crippen molar-refractivity contribution in [3.05, 3.63) is 58.0 Å². The lowest BCUT2D eigenvalue weighted by Gasteiger charge is -2.14. The van der Waals surface area contributed by atoms with E-state index in [2.05, 4.69) is 15.9 Å². The van der Waals surface area contributed by atoms with Crippen LogP contribution in [0.15, 0.2) is 46.7 Å². The quantitative estimate of drug-likeness (QED) is 0.545. The third-order valence-corrected chi connectivity index (χ3v) is 5.46. The van der Waals surface area contributed by atoms with E-state index in [4.69, 9.17) is 11.2 Å². The summed E-state index contributed by atoms with van der Waals surface area (Å²) in [6.45, 7) is 1.94. The average Bonchev–Trinajstić information content (AvgIpc) is 3.17. The Morgan fingerprint density at radius 2 is 2.12 bits per heavy atom. The third-order valence-electron chi connectivity index (χ3n) is 4.54. The topological polar surface area (TPSA) is 55.0 Å². The van der Waals surface area contributed by atoms with Gasteiger partial charge in [-0.1, -0.05) is 12.0 Å². The largest absolute Gasteiger partial charge is 0.496 e. The standard InChI is InChI=1S/C21H16N2O2S/c1-4-12(2)15-6-5-13(11-22-15)18-17(25-3)8-7-16-19(18)14-9-10-26-20(14)21(24)23-16/h1,5-12H,2-3H3,(H,23,24). The van der Waals surface area contributed by atoms with Crippen LogP contribution in [-0.4, -0.2) is 17.1 Å². The molecule has 0 amide bonds. The highest BCUT2D eigenvalue weighted by Crippen LogP contribution is 2.40. The number of methoxy groups -OCH3 is 1. The van der Waals surface area contributed by atoms with Crippen molar-refractivity contribution in [1.29, 1.82) is 0 Å². The summed E-state index contributed by atoms with van der Waals surface area (Å²) in [6.07, 6.45) is 7.30. The van der Waals surface area contributed by atoms with Gasteiger partial charge in [-0.25, -0.2) is 0 Å². The van der Waals surface area contributed by atoms with Crippen molar-refractivity contribution in [2.75, 3.05) is 7.11 Å². The van der Waals surface area contributed by atoms with Gasteiger partial charge in [0.05, 0.1) is 18.7 Å². The fourth-order valence-corrected chi connectivity index (χ4v) is 3.98. The Balaban J connectivity index is 2.06. The highest BCUT2D eigenvalue weighted by Gasteiger charge is 2.16. The van der Waals surface area contributed by atoms with Crippen molar-refractivity contribution < 1.29 is 4.74 Å². The molecule has 4 aromatic rings. The Morgan fingerprint density at radius 3 is 2.81 bits per heavy atom. The predicted molar refractivity (Wildman–Crippen MR) is 107 cm³/mol. The van der Waals surface area contributed by atoms with Gasteiger partial charge >= 0.3 is 0 Å². The molecule has 0 spiro atoms. The van der Waals surface area contributed by atoms with Crippen molar-refractivity contribution in [2.24, 2.45) is 0 Å². The number of fused-ring (bicyclic) bond motifs is 3. The van der Waals surface area contributed by atoms with E-state index in [1.807, 2.05) is 48.8 Å². The Labute approximate surface area is 154 Å². The number of hydrogen-bond acceptors (Lipinski definition) is 4. The molecule has 0 aliphatic carbocycles. The van der Waals surface area contributed by atoms with Crippen LogP contribution in [0.1, 0.15) is 18.5 Å². The molecule has 0 aliphatic rings. The number of rotatable bonds is 3. The molecule has 4 nitrogen and oxygen atoms in total. The molecule has 3 aromatic heterocycles. The van der Waals surface area contributed by atoms with Crippen LogP contribution < -0.4 is 10.3 Å². The van der Waals surface area contributed by atoms with E-state index in [0.29, 0.717) is 4.70 Å². The molecule has 0 radical (unpaired) electrons. The lowest BCUT2D eigenvalue weighted by molar-refractivity contribution is 0.417. The van der Waals surface area contributed by atoms with E-state index in [1.165, 1.54) is 11.3 Å². The fraction of sp³-hybridized carbons (Fsp3) is 0.143. The number of ether oxygens (including phenoxy) is 1. The molecule has 5 heteroatoms. The number of aromatic amines is 1. The second-order valence-corrected chi connectivity index (χ2v) is 6.96. The lowest BCUT2D eigenvalue weighted by atomic mass is 9.97. The van der Waals surface area contributed by atoms with Gasteiger partial charge in [0.1, 0.15) is 10.4 Å². The van der Waals surface area contributed by atoms with Crippen molar-refractivity contribution in [2.45, 2.75) is 12.8 Å². The number of pyridine rings is 2. The van der Waals surface area contributed by atoms with Crippen LogP contribution in [0, 0.1) is 12.3 Å². The highest BCUT2D eigenvalue weighted by molar-refractivity contribution is 7.17. The van der Waals surface area contributed by atoms with E-state index in [-0.39, 0.29) is 11.5 Å². The van der Waals surface area contributed by atoms with E-state index in [9.17, 15) is 4.79 Å². The lowest BCUT2D eigenvalue weighted by Crippen LogP contribution is -2.05. The maximum atomic E-state index is 12.3. The summed E-state index contributed by atoms with van der Waals surface area (Å²) in [7, 11) is 1.64. The normalized spacial score (nSPS) is 12.2. The summed E-state index contributed by atoms with van der Waals surface area (Å²) in [5, 5.41) is 3.81. The average molecular weight is 360 g/mol. The number of benzene rings is 1. The van der Waals surface area contributed by atoms with Gasteiger partial charge in [-0.15, -0.1) is 17.8 Å². The van der Waals surface area contributed by atoms with Gasteiger partial charge in [-0.05, 0) is 36.6 Å². The number of nitrogens with zero attached hydrogens (tertiary/aromatic N) is 1. The van der Waals surface area contributed by atoms with Crippen molar-refractivity contribution >= 4 is 32.3 Å². The number of terminal acetylenes is 1. The van der Waals surface area contributed by atoms with E-state index in [1.54, 1.807) is 7.11 Å². The SMILES string of the molecule is C#CC(C)c1ccc(-c2c(OC)ccc3[nH]c(=O)c4sccc4c23)cn1. The minimum Gasteiger partial charge on any atom is -0.496 e. The molecular weight excluding hydrogens is 344 g/mol. The van der Waals surface area contributed by atoms with Crippen LogP contribution in [0.5, 0.6) is 5.75 Å². The molecule has 128 valence electrons. The molecule has 0 saturated heterocycles. The monoisotopic (exact) mass is 360 g/mol. The first-order chi connectivity index (χ1) is 12.6. The number of nitrogens with one attached hydrogen (secondary N) is 1. The van der Waals surface area contributed by atoms with Crippen molar-refractivity contribution in [1.82, 2.24) is 9.97 Å². The zero-order valence-corrected chi connectivity index (χ0v) is 15.2. The van der Waals surface area contributed by atoms with Crippen LogP contribution in [0.3, 0.4) is 0 Å². The van der Waals surface area contributed by atoms with E-state index >= 15 is 0 Å². The van der Waals surface area contributed by atoms with Gasteiger partial charge in [-0.2, -0.15) is 0 Å². The summed E-state index contributed by atoms with van der Waals surface area (Å²) in [5.74, 6) is 3.38. The summed E-state index contributed by atoms with van der Waals surface area (Å²) < 4.78 is 6.32. The zero-order chi connectivity index (χ0) is 18.3. The van der Waals surface area contributed by atoms with Gasteiger partial charge in [0.15, 0.2) is 0 Å². The van der Waals surface area contributed by atoms with Crippen LogP contribution >= 0.6 is 11.3 Å². The summed E-state index contributed by atoms with van der Waals surface area (Å²) >= 11 is 1.43. The second kappa shape index (κ2) is 6.32. The maximum absolute atomic E-state index is 12.3. The number of thiophene rings is 1. The number of H-pyrrole nitrogens is 1. The van der Waals surface area contributed by atoms with Crippen molar-refractivity contribution in [3.63, 3.8) is 0 Å². The molecule has 3 heterocycles. The Kier molecular flexibility index (Phi) is 3.98. The molecule has 0 bridgehead atoms. The Hall–Kier alpha value is -3.10. The smallest absolute Gasteiger partial charge is 0.266 e. The van der Waals surface area contributed by atoms with Crippen LogP contribution in [0.25, 0.3) is 32.1 Å². The fourth-order valence-electron chi connectivity index (χ4n) is 3.18. The summed E-state index contributed by atoms with van der Waals surface area (Å²) in [6, 6.07) is 9.65. The summed E-state index contributed by atoms with van der Waals surface area (Å²) in [4.78, 5) is 19.8. The predicted octanol–water partition coefficient (Wildman–Crippen LogP) is 4.55. The first-order valence-electron chi connectivity index (χ1n) is 8.16. The van der Waals surface area contributed by atoms with Crippen LogP contribution in [-0.2, 0) is 0 Å². The van der Waals surface area contributed by atoms with Crippen LogP contribution in [0.4, 0.5) is 0 Å². The zero-order valence-electron chi connectivity index (χ0n) is 14.4. The van der Waals surface area contributed by atoms with Gasteiger partial charge in [-0.3, -0.25) is 9.78 Å². The first-order valence-corrected chi connectivity index (χ1v) is 9.04. The molecule has 1 N–H and O–H groups in total. The van der Waals surface area contributed by atoms with Gasteiger partial charge in [0, 0.05) is 33.6 Å². The highest BCUT2D eigenvalue weighted by atomic mass is 32.1.